The topological polar surface area (TPSA) is 52.6 Å². The maximum absolute atomic E-state index is 10.6. The smallest absolute Gasteiger partial charge is 0.330 e. The van der Waals surface area contributed by atoms with E-state index in [9.17, 15) is 9.59 Å². The highest BCUT2D eigenvalue weighted by Gasteiger charge is 1.94. The molecule has 0 aliphatic rings. The van der Waals surface area contributed by atoms with Gasteiger partial charge in [0, 0.05) is 12.1 Å². The van der Waals surface area contributed by atoms with Gasteiger partial charge in [0.15, 0.2) is 0 Å². The molecule has 0 aromatic carbocycles. The SMILES string of the molecule is [2H]/C(C(=O)OC)=C(/[2H])C(=O)OC. The lowest BCUT2D eigenvalue weighted by molar-refractivity contribution is -0.137. The zero-order valence-corrected chi connectivity index (χ0v) is 5.63. The third-order valence-electron chi connectivity index (χ3n) is 0.637. The summed E-state index contributed by atoms with van der Waals surface area (Å²) in [6.07, 6.45) is 0. The molecule has 0 unspecified atom stereocenters. The molecule has 0 aromatic heterocycles. The molecule has 0 rings (SSSR count). The van der Waals surface area contributed by atoms with Crippen LogP contribution < -0.4 is 0 Å². The highest BCUT2D eigenvalue weighted by molar-refractivity contribution is 5.91. The Bertz CT molecular complexity index is 210. The predicted molar refractivity (Wildman–Crippen MR) is 33.2 cm³/mol. The molecule has 4 heteroatoms. The minimum absolute atomic E-state index is 0.815. The summed E-state index contributed by atoms with van der Waals surface area (Å²) in [5.41, 5.74) is 0. The van der Waals surface area contributed by atoms with Gasteiger partial charge in [-0.05, 0) is 0 Å². The van der Waals surface area contributed by atoms with Crippen LogP contribution in [0.3, 0.4) is 0 Å². The minimum Gasteiger partial charge on any atom is -0.466 e. The number of rotatable bonds is 2. The molecule has 0 aliphatic carbocycles. The molecule has 0 aromatic rings. The highest BCUT2D eigenvalue weighted by atomic mass is 16.5. The van der Waals surface area contributed by atoms with E-state index in [1.165, 1.54) is 0 Å². The van der Waals surface area contributed by atoms with E-state index >= 15 is 0 Å². The Labute approximate surface area is 61.2 Å². The van der Waals surface area contributed by atoms with Crippen LogP contribution in [-0.2, 0) is 19.1 Å². The number of carbonyl (C=O) groups excluding carboxylic acids is 2. The van der Waals surface area contributed by atoms with Crippen molar-refractivity contribution in [3.8, 4) is 0 Å². The Hall–Kier alpha value is -1.32. The Morgan fingerprint density at radius 3 is 1.70 bits per heavy atom. The van der Waals surface area contributed by atoms with Gasteiger partial charge >= 0.3 is 11.9 Å². The first-order valence-electron chi connectivity index (χ1n) is 3.38. The lowest BCUT2D eigenvalue weighted by atomic mass is 10.5. The van der Waals surface area contributed by atoms with Crippen molar-refractivity contribution >= 4 is 11.9 Å². The van der Waals surface area contributed by atoms with Crippen molar-refractivity contribution in [3.63, 3.8) is 0 Å². The Morgan fingerprint density at radius 1 is 1.20 bits per heavy atom. The second-order valence-corrected chi connectivity index (χ2v) is 1.23. The molecule has 56 valence electrons. The number of hydrogen-bond acceptors (Lipinski definition) is 4. The number of carbonyl (C=O) groups is 2. The van der Waals surface area contributed by atoms with Gasteiger partial charge in [0.2, 0.25) is 0 Å². The van der Waals surface area contributed by atoms with E-state index in [-0.39, 0.29) is 0 Å². The van der Waals surface area contributed by atoms with Crippen LogP contribution in [0.25, 0.3) is 0 Å². The fourth-order valence-corrected chi connectivity index (χ4v) is 0.204. The maximum Gasteiger partial charge on any atom is 0.330 e. The summed E-state index contributed by atoms with van der Waals surface area (Å²) in [6.45, 7) is 0. The average Bonchev–Trinajstić information content (AvgIpc) is 2.12. The molecule has 0 saturated heterocycles. The van der Waals surface area contributed by atoms with E-state index in [0.717, 1.165) is 14.2 Å². The van der Waals surface area contributed by atoms with Gasteiger partial charge in [0.05, 0.1) is 17.0 Å². The zero-order valence-electron chi connectivity index (χ0n) is 7.63. The quantitative estimate of drug-likeness (QED) is 0.403. The van der Waals surface area contributed by atoms with Crippen molar-refractivity contribution in [3.05, 3.63) is 12.1 Å². The van der Waals surface area contributed by atoms with Crippen LogP contribution in [0.2, 0.25) is 0 Å². The largest absolute Gasteiger partial charge is 0.466 e. The number of methoxy groups -OCH3 is 2. The van der Waals surface area contributed by atoms with Gasteiger partial charge in [0.1, 0.15) is 0 Å². The van der Waals surface area contributed by atoms with Crippen molar-refractivity contribution in [1.82, 2.24) is 0 Å². The van der Waals surface area contributed by atoms with Crippen LogP contribution >= 0.6 is 0 Å². The molecule has 0 aliphatic heterocycles. The van der Waals surface area contributed by atoms with E-state index in [0.29, 0.717) is 0 Å². The van der Waals surface area contributed by atoms with Gasteiger partial charge in [-0.3, -0.25) is 0 Å². The molecule has 0 fully saturated rings. The van der Waals surface area contributed by atoms with Crippen LogP contribution in [0.15, 0.2) is 12.1 Å². The van der Waals surface area contributed by atoms with E-state index < -0.39 is 24.0 Å². The third-order valence-corrected chi connectivity index (χ3v) is 0.637. The second-order valence-electron chi connectivity index (χ2n) is 1.23. The first-order chi connectivity index (χ1) is 5.54. The van der Waals surface area contributed by atoms with Gasteiger partial charge in [-0.15, -0.1) is 0 Å². The first kappa shape index (κ1) is 5.46. The van der Waals surface area contributed by atoms with Crippen LogP contribution in [0.5, 0.6) is 0 Å². The molecule has 0 heterocycles. The maximum atomic E-state index is 10.6. The van der Waals surface area contributed by atoms with Crippen LogP contribution in [0, 0.1) is 0 Å². The molecule has 10 heavy (non-hydrogen) atoms. The van der Waals surface area contributed by atoms with Gasteiger partial charge in [0.25, 0.3) is 0 Å². The minimum atomic E-state index is -1.04. The molecule has 0 bridgehead atoms. The van der Waals surface area contributed by atoms with Crippen LogP contribution in [0.4, 0.5) is 0 Å². The summed E-state index contributed by atoms with van der Waals surface area (Å²) in [5, 5.41) is 0. The molecule has 4 nitrogen and oxygen atoms in total. The molecule has 0 radical (unpaired) electrons. The van der Waals surface area contributed by atoms with Gasteiger partial charge in [-0.25, -0.2) is 9.59 Å². The number of ether oxygens (including phenoxy) is 2. The Kier molecular flexibility index (Phi) is 2.49. The molecule has 0 N–H and O–H groups in total. The standard InChI is InChI=1S/C6H8O4/c1-9-5(7)3-4-6(8)10-2/h3-4H,1-2H3/b4-3+/i3D,4D. The summed E-state index contributed by atoms with van der Waals surface area (Å²) in [4.78, 5) is 21.2. The average molecular weight is 146 g/mol. The molecular formula is C6H8O4. The molecule has 0 saturated carbocycles. The van der Waals surface area contributed by atoms with Crippen LogP contribution in [0.1, 0.15) is 2.74 Å². The van der Waals surface area contributed by atoms with E-state index in [1.54, 1.807) is 0 Å². The lowest BCUT2D eigenvalue weighted by Crippen LogP contribution is -1.98. The fraction of sp³-hybridized carbons (Fsp3) is 0.333. The fourth-order valence-electron chi connectivity index (χ4n) is 0.204. The van der Waals surface area contributed by atoms with Gasteiger partial charge in [-0.1, -0.05) is 0 Å². The van der Waals surface area contributed by atoms with Crippen molar-refractivity contribution in [2.75, 3.05) is 14.2 Å². The summed E-state index contributed by atoms with van der Waals surface area (Å²) in [6, 6.07) is -1.63. The Morgan fingerprint density at radius 2 is 1.50 bits per heavy atom. The van der Waals surface area contributed by atoms with Gasteiger partial charge < -0.3 is 9.47 Å². The van der Waals surface area contributed by atoms with E-state index in [4.69, 9.17) is 2.74 Å². The van der Waals surface area contributed by atoms with Crippen LogP contribution in [-0.4, -0.2) is 26.2 Å². The second kappa shape index (κ2) is 4.55. The van der Waals surface area contributed by atoms with Crippen molar-refractivity contribution in [1.29, 1.82) is 0 Å². The number of esters is 2. The molecule has 0 atom stereocenters. The summed E-state index contributed by atoms with van der Waals surface area (Å²) in [5.74, 6) is -2.07. The van der Waals surface area contributed by atoms with Gasteiger partial charge in [-0.2, -0.15) is 0 Å². The third kappa shape index (κ3) is 3.65. The van der Waals surface area contributed by atoms with Crippen molar-refractivity contribution in [2.45, 2.75) is 0 Å². The van der Waals surface area contributed by atoms with Crippen molar-refractivity contribution < 1.29 is 21.8 Å². The van der Waals surface area contributed by atoms with E-state index in [2.05, 4.69) is 9.47 Å². The predicted octanol–water partition coefficient (Wildman–Crippen LogP) is -0.111. The summed E-state index contributed by atoms with van der Waals surface area (Å²) < 4.78 is 22.1. The summed E-state index contributed by atoms with van der Waals surface area (Å²) in [7, 11) is 2.11. The molecule has 0 amide bonds. The molecule has 0 spiro atoms. The normalized spacial score (nSPS) is 14.2. The Balaban J connectivity index is 4.68. The molecular weight excluding hydrogens is 136 g/mol. The monoisotopic (exact) mass is 146 g/mol. The van der Waals surface area contributed by atoms with Crippen molar-refractivity contribution in [2.24, 2.45) is 0 Å². The highest BCUT2D eigenvalue weighted by Crippen LogP contribution is 1.80. The lowest BCUT2D eigenvalue weighted by Gasteiger charge is -1.89. The number of hydrogen-bond donors (Lipinski definition) is 0. The van der Waals surface area contributed by atoms with E-state index in [1.807, 2.05) is 0 Å². The zero-order chi connectivity index (χ0) is 9.72. The first-order valence-corrected chi connectivity index (χ1v) is 2.38. The summed E-state index contributed by atoms with van der Waals surface area (Å²) >= 11 is 0.